The average Bonchev–Trinajstić information content (AvgIpc) is 2.80. The van der Waals surface area contributed by atoms with Gasteiger partial charge < -0.3 is 20.3 Å². The van der Waals surface area contributed by atoms with E-state index in [1.54, 1.807) is 0 Å². The number of ether oxygens (including phenoxy) is 1. The molecule has 0 aromatic rings. The van der Waals surface area contributed by atoms with Crippen LogP contribution in [0.2, 0.25) is 0 Å². The monoisotopic (exact) mass is 293 g/mol. The fraction of sp³-hybridized carbons (Fsp3) is 0.938. The molecule has 5 heteroatoms. The van der Waals surface area contributed by atoms with Gasteiger partial charge in [-0.2, -0.15) is 0 Å². The van der Waals surface area contributed by atoms with Crippen LogP contribution in [0.15, 0.2) is 0 Å². The summed E-state index contributed by atoms with van der Waals surface area (Å²) in [5.74, 6) is 0.758. The minimum atomic E-state index is -0.837. The maximum Gasteiger partial charge on any atom is 0.162 e. The van der Waals surface area contributed by atoms with Crippen LogP contribution in [0.3, 0.4) is 0 Å². The maximum absolute atomic E-state index is 12.5. The third-order valence-electron chi connectivity index (χ3n) is 7.33. The molecule has 0 radical (unpaired) electrons. The van der Waals surface area contributed by atoms with Gasteiger partial charge >= 0.3 is 0 Å². The van der Waals surface area contributed by atoms with Gasteiger partial charge in [-0.05, 0) is 44.6 Å². The molecule has 21 heavy (non-hydrogen) atoms. The molecular weight excluding hydrogens is 270 g/mol. The lowest BCUT2D eigenvalue weighted by molar-refractivity contribution is -0.223. The number of carbonyl (C=O) groups is 1. The van der Waals surface area contributed by atoms with Crippen LogP contribution >= 0.6 is 0 Å². The molecule has 1 spiro atoms. The predicted molar refractivity (Wildman–Crippen MR) is 73.5 cm³/mol. The van der Waals surface area contributed by atoms with Gasteiger partial charge in [0.1, 0.15) is 6.10 Å². The van der Waals surface area contributed by atoms with Gasteiger partial charge in [0.15, 0.2) is 5.78 Å². The Kier molecular flexibility index (Phi) is 2.40. The quantitative estimate of drug-likeness (QED) is 0.585. The van der Waals surface area contributed by atoms with E-state index in [1.807, 2.05) is 0 Å². The van der Waals surface area contributed by atoms with E-state index < -0.39 is 23.2 Å². The lowest BCUT2D eigenvalue weighted by atomic mass is 9.43. The van der Waals surface area contributed by atoms with Gasteiger partial charge in [-0.25, -0.2) is 0 Å². The fourth-order valence-electron chi connectivity index (χ4n) is 6.62. The summed E-state index contributed by atoms with van der Waals surface area (Å²) in [6.07, 6.45) is 3.23. The molecule has 2 heterocycles. The summed E-state index contributed by atoms with van der Waals surface area (Å²) < 4.78 is 6.13. The standard InChI is InChI=1S/C16H23NO4/c18-9-2-1-8-7-11-16(20)4-3-10(19)14-15(16,5-6-17-11)12(8)13(9)21-14/h8-9,11-14,17-18,20H,1-7H2/t8?,9?,11-,12?,13?,14+,15+,16-/m1/s1. The van der Waals surface area contributed by atoms with Gasteiger partial charge in [0, 0.05) is 23.8 Å². The molecule has 0 aromatic carbocycles. The summed E-state index contributed by atoms with van der Waals surface area (Å²) in [5.41, 5.74) is -1.29. The van der Waals surface area contributed by atoms with Crippen LogP contribution in [0, 0.1) is 17.3 Å². The molecule has 0 aromatic heterocycles. The van der Waals surface area contributed by atoms with E-state index in [2.05, 4.69) is 5.32 Å². The highest BCUT2D eigenvalue weighted by atomic mass is 16.5. The summed E-state index contributed by atoms with van der Waals surface area (Å²) in [5, 5.41) is 25.4. The third kappa shape index (κ3) is 1.27. The molecule has 5 aliphatic rings. The zero-order valence-electron chi connectivity index (χ0n) is 12.1. The summed E-state index contributed by atoms with van der Waals surface area (Å²) in [6.45, 7) is 0.839. The van der Waals surface area contributed by atoms with Crippen molar-refractivity contribution in [2.45, 2.75) is 68.5 Å². The first-order valence-corrected chi connectivity index (χ1v) is 8.40. The lowest BCUT2D eigenvalue weighted by Crippen LogP contribution is -2.76. The van der Waals surface area contributed by atoms with Gasteiger partial charge in [-0.3, -0.25) is 4.79 Å². The van der Waals surface area contributed by atoms with Crippen molar-refractivity contribution < 1.29 is 19.7 Å². The SMILES string of the molecule is O=C1CC[C@@]2(O)[C@H]3CC4CCC(O)C5O[C@@H]1[C@]2(CCN3)C45. The molecular formula is C16H23NO4. The number of rotatable bonds is 0. The van der Waals surface area contributed by atoms with Crippen LogP contribution < -0.4 is 5.32 Å². The van der Waals surface area contributed by atoms with Gasteiger partial charge in [0.05, 0.1) is 17.8 Å². The molecule has 4 unspecified atom stereocenters. The summed E-state index contributed by atoms with van der Waals surface area (Å²) in [4.78, 5) is 12.5. The van der Waals surface area contributed by atoms with Crippen LogP contribution in [0.25, 0.3) is 0 Å². The molecule has 3 saturated carbocycles. The lowest BCUT2D eigenvalue weighted by Gasteiger charge is -2.65. The average molecular weight is 293 g/mol. The number of nitrogens with one attached hydrogen (secondary N) is 1. The molecule has 0 amide bonds. The Bertz CT molecular complexity index is 511. The number of carbonyl (C=O) groups excluding carboxylic acids is 1. The van der Waals surface area contributed by atoms with E-state index in [0.29, 0.717) is 18.8 Å². The van der Waals surface area contributed by atoms with E-state index in [1.165, 1.54) is 0 Å². The molecule has 2 saturated heterocycles. The molecule has 5 fully saturated rings. The van der Waals surface area contributed by atoms with Gasteiger partial charge in [-0.1, -0.05) is 0 Å². The van der Waals surface area contributed by atoms with E-state index in [4.69, 9.17) is 4.74 Å². The van der Waals surface area contributed by atoms with Crippen molar-refractivity contribution in [1.82, 2.24) is 5.32 Å². The van der Waals surface area contributed by atoms with Crippen LogP contribution in [-0.4, -0.2) is 52.5 Å². The number of aliphatic hydroxyl groups excluding tert-OH is 1. The highest BCUT2D eigenvalue weighted by Gasteiger charge is 2.76. The summed E-state index contributed by atoms with van der Waals surface area (Å²) in [7, 11) is 0. The Labute approximate surface area is 124 Å². The predicted octanol–water partition coefficient (Wildman–Crippen LogP) is -0.0131. The number of Topliss-reactive ketones (excluding diaryl/α,β-unsaturated/α-hetero) is 1. The van der Waals surface area contributed by atoms with Crippen LogP contribution in [0.4, 0.5) is 0 Å². The van der Waals surface area contributed by atoms with Crippen molar-refractivity contribution >= 4 is 5.78 Å². The number of piperidine rings is 1. The van der Waals surface area contributed by atoms with Crippen molar-refractivity contribution in [2.24, 2.45) is 17.3 Å². The molecule has 2 bridgehead atoms. The second-order valence-corrected chi connectivity index (χ2v) is 7.83. The molecule has 3 N–H and O–H groups in total. The van der Waals surface area contributed by atoms with Crippen LogP contribution in [-0.2, 0) is 9.53 Å². The van der Waals surface area contributed by atoms with Crippen molar-refractivity contribution in [3.8, 4) is 0 Å². The van der Waals surface area contributed by atoms with Crippen LogP contribution in [0.1, 0.15) is 38.5 Å². The molecule has 2 aliphatic heterocycles. The smallest absolute Gasteiger partial charge is 0.162 e. The van der Waals surface area contributed by atoms with Crippen molar-refractivity contribution in [1.29, 1.82) is 0 Å². The van der Waals surface area contributed by atoms with Gasteiger partial charge in [0.25, 0.3) is 0 Å². The first-order valence-electron chi connectivity index (χ1n) is 8.40. The van der Waals surface area contributed by atoms with Crippen LogP contribution in [0.5, 0.6) is 0 Å². The zero-order chi connectivity index (χ0) is 14.4. The summed E-state index contributed by atoms with van der Waals surface area (Å²) in [6, 6.07) is 0.0840. The Morgan fingerprint density at radius 1 is 1.29 bits per heavy atom. The number of hydrogen-bond acceptors (Lipinski definition) is 5. The molecule has 8 atom stereocenters. The minimum Gasteiger partial charge on any atom is -0.390 e. The van der Waals surface area contributed by atoms with E-state index >= 15 is 0 Å². The minimum absolute atomic E-state index is 0.0840. The van der Waals surface area contributed by atoms with E-state index in [-0.39, 0.29) is 23.8 Å². The second kappa shape index (κ2) is 3.88. The second-order valence-electron chi connectivity index (χ2n) is 7.83. The molecule has 5 rings (SSSR count). The number of aliphatic hydroxyl groups is 2. The Hall–Kier alpha value is -0.490. The first-order chi connectivity index (χ1) is 10.1. The van der Waals surface area contributed by atoms with Gasteiger partial charge in [-0.15, -0.1) is 0 Å². The normalized spacial score (nSPS) is 61.5. The zero-order valence-corrected chi connectivity index (χ0v) is 12.1. The highest BCUT2D eigenvalue weighted by Crippen LogP contribution is 2.67. The highest BCUT2D eigenvalue weighted by molar-refractivity contribution is 5.86. The van der Waals surface area contributed by atoms with E-state index in [9.17, 15) is 15.0 Å². The van der Waals surface area contributed by atoms with Gasteiger partial charge in [0.2, 0.25) is 0 Å². The Morgan fingerprint density at radius 2 is 2.14 bits per heavy atom. The topological polar surface area (TPSA) is 78.8 Å². The third-order valence-corrected chi connectivity index (χ3v) is 7.33. The fourth-order valence-corrected chi connectivity index (χ4v) is 6.62. The Balaban J connectivity index is 1.72. The van der Waals surface area contributed by atoms with Crippen molar-refractivity contribution in [3.05, 3.63) is 0 Å². The largest absolute Gasteiger partial charge is 0.390 e. The van der Waals surface area contributed by atoms with E-state index in [0.717, 1.165) is 32.2 Å². The maximum atomic E-state index is 12.5. The summed E-state index contributed by atoms with van der Waals surface area (Å²) >= 11 is 0. The molecule has 116 valence electrons. The van der Waals surface area contributed by atoms with Crippen molar-refractivity contribution in [2.75, 3.05) is 6.54 Å². The van der Waals surface area contributed by atoms with Crippen molar-refractivity contribution in [3.63, 3.8) is 0 Å². The Morgan fingerprint density at radius 3 is 3.00 bits per heavy atom. The first kappa shape index (κ1) is 13.0. The number of hydrogen-bond donors (Lipinski definition) is 3. The number of ketones is 1. The molecule has 5 nitrogen and oxygen atoms in total. The molecule has 3 aliphatic carbocycles.